The number of amides is 1. The molecule has 0 saturated carbocycles. The van der Waals surface area contributed by atoms with Gasteiger partial charge in [0.1, 0.15) is 5.75 Å². The standard InChI is InChI=1S/C18H20BrNO2/c1-12(2)15-10-7-11-16(19)17(15)22-18(21)20-13(3)14-8-5-4-6-9-14/h4-13H,1-3H3,(H,20,21). The van der Waals surface area contributed by atoms with Crippen LogP contribution in [0.25, 0.3) is 0 Å². The number of ether oxygens (including phenoxy) is 1. The van der Waals surface area contributed by atoms with E-state index < -0.39 is 6.09 Å². The predicted molar refractivity (Wildman–Crippen MR) is 92.2 cm³/mol. The largest absolute Gasteiger partial charge is 0.413 e. The second-order valence-electron chi connectivity index (χ2n) is 5.48. The predicted octanol–water partition coefficient (Wildman–Crippen LogP) is 5.42. The van der Waals surface area contributed by atoms with Gasteiger partial charge >= 0.3 is 6.09 Å². The highest BCUT2D eigenvalue weighted by Gasteiger charge is 2.16. The molecule has 0 aliphatic rings. The normalized spacial score (nSPS) is 12.0. The first-order valence-electron chi connectivity index (χ1n) is 7.30. The van der Waals surface area contributed by atoms with Crippen molar-refractivity contribution in [1.82, 2.24) is 5.32 Å². The fourth-order valence-corrected chi connectivity index (χ4v) is 2.67. The summed E-state index contributed by atoms with van der Waals surface area (Å²) in [5.74, 6) is 0.849. The summed E-state index contributed by atoms with van der Waals surface area (Å²) in [6, 6.07) is 15.5. The van der Waals surface area contributed by atoms with E-state index >= 15 is 0 Å². The van der Waals surface area contributed by atoms with Crippen molar-refractivity contribution in [2.75, 3.05) is 0 Å². The lowest BCUT2D eigenvalue weighted by molar-refractivity contribution is 0.196. The van der Waals surface area contributed by atoms with Crippen molar-refractivity contribution in [3.63, 3.8) is 0 Å². The molecule has 1 N–H and O–H groups in total. The van der Waals surface area contributed by atoms with Crippen LogP contribution >= 0.6 is 15.9 Å². The van der Waals surface area contributed by atoms with Gasteiger partial charge in [-0.1, -0.05) is 56.3 Å². The Bertz CT molecular complexity index is 641. The summed E-state index contributed by atoms with van der Waals surface area (Å²) in [6.07, 6.45) is -0.454. The van der Waals surface area contributed by atoms with E-state index in [9.17, 15) is 4.79 Å². The molecule has 1 atom stereocenters. The highest BCUT2D eigenvalue weighted by Crippen LogP contribution is 2.33. The first-order valence-corrected chi connectivity index (χ1v) is 8.10. The van der Waals surface area contributed by atoms with Crippen LogP contribution < -0.4 is 10.1 Å². The lowest BCUT2D eigenvalue weighted by Crippen LogP contribution is -2.30. The molecule has 0 radical (unpaired) electrons. The zero-order chi connectivity index (χ0) is 16.1. The van der Waals surface area contributed by atoms with Crippen LogP contribution in [-0.2, 0) is 0 Å². The molecule has 0 heterocycles. The van der Waals surface area contributed by atoms with Crippen LogP contribution in [0.3, 0.4) is 0 Å². The molecule has 2 aromatic rings. The fourth-order valence-electron chi connectivity index (χ4n) is 2.21. The van der Waals surface area contributed by atoms with Crippen LogP contribution in [0.5, 0.6) is 5.75 Å². The minimum atomic E-state index is -0.454. The van der Waals surface area contributed by atoms with Crippen molar-refractivity contribution < 1.29 is 9.53 Å². The van der Waals surface area contributed by atoms with Crippen molar-refractivity contribution in [3.8, 4) is 5.75 Å². The average molecular weight is 362 g/mol. The molecule has 116 valence electrons. The van der Waals surface area contributed by atoms with Gasteiger partial charge in [-0.3, -0.25) is 0 Å². The van der Waals surface area contributed by atoms with Crippen LogP contribution in [0.15, 0.2) is 53.0 Å². The molecule has 0 aliphatic carbocycles. The van der Waals surface area contributed by atoms with E-state index in [2.05, 4.69) is 35.1 Å². The van der Waals surface area contributed by atoms with Crippen molar-refractivity contribution in [2.24, 2.45) is 0 Å². The molecule has 4 heteroatoms. The number of carbonyl (C=O) groups excluding carboxylic acids is 1. The molecule has 22 heavy (non-hydrogen) atoms. The topological polar surface area (TPSA) is 38.3 Å². The Kier molecular flexibility index (Phi) is 5.61. The third-order valence-electron chi connectivity index (χ3n) is 3.45. The molecular formula is C18H20BrNO2. The van der Waals surface area contributed by atoms with Gasteiger partial charge in [0.25, 0.3) is 0 Å². The number of benzene rings is 2. The minimum Gasteiger partial charge on any atom is -0.409 e. The maximum Gasteiger partial charge on any atom is 0.413 e. The lowest BCUT2D eigenvalue weighted by Gasteiger charge is -2.17. The molecule has 1 unspecified atom stereocenters. The van der Waals surface area contributed by atoms with Gasteiger partial charge in [-0.15, -0.1) is 0 Å². The van der Waals surface area contributed by atoms with E-state index in [0.717, 1.165) is 15.6 Å². The summed E-state index contributed by atoms with van der Waals surface area (Å²) in [5, 5.41) is 2.86. The van der Waals surface area contributed by atoms with Crippen molar-refractivity contribution in [2.45, 2.75) is 32.7 Å². The van der Waals surface area contributed by atoms with Gasteiger partial charge in [-0.2, -0.15) is 0 Å². The highest BCUT2D eigenvalue weighted by atomic mass is 79.9. The fraction of sp³-hybridized carbons (Fsp3) is 0.278. The number of halogens is 1. The summed E-state index contributed by atoms with van der Waals surface area (Å²) in [7, 11) is 0. The number of hydrogen-bond acceptors (Lipinski definition) is 2. The zero-order valence-electron chi connectivity index (χ0n) is 13.0. The van der Waals surface area contributed by atoms with E-state index in [1.807, 2.05) is 55.5 Å². The first kappa shape index (κ1) is 16.6. The second-order valence-corrected chi connectivity index (χ2v) is 6.33. The van der Waals surface area contributed by atoms with Gasteiger partial charge in [0.05, 0.1) is 10.5 Å². The number of para-hydroxylation sites is 1. The van der Waals surface area contributed by atoms with Crippen LogP contribution in [0, 0.1) is 0 Å². The van der Waals surface area contributed by atoms with E-state index in [4.69, 9.17) is 4.74 Å². The summed E-state index contributed by atoms with van der Waals surface area (Å²) >= 11 is 3.45. The molecule has 0 spiro atoms. The molecule has 2 rings (SSSR count). The molecule has 0 aromatic heterocycles. The second kappa shape index (κ2) is 7.45. The van der Waals surface area contributed by atoms with Gasteiger partial charge in [0.2, 0.25) is 0 Å². The summed E-state index contributed by atoms with van der Waals surface area (Å²) in [4.78, 5) is 12.2. The molecule has 0 bridgehead atoms. The smallest absolute Gasteiger partial charge is 0.409 e. The van der Waals surface area contributed by atoms with Crippen LogP contribution in [0.1, 0.15) is 43.9 Å². The molecule has 1 amide bonds. The Morgan fingerprint density at radius 1 is 1.05 bits per heavy atom. The zero-order valence-corrected chi connectivity index (χ0v) is 14.6. The van der Waals surface area contributed by atoms with E-state index in [0.29, 0.717) is 5.75 Å². The first-order chi connectivity index (χ1) is 10.5. The van der Waals surface area contributed by atoms with Crippen molar-refractivity contribution in [3.05, 3.63) is 64.1 Å². The SMILES string of the molecule is CC(C)c1cccc(Br)c1OC(=O)NC(C)c1ccccc1. The molecule has 0 fully saturated rings. The number of hydrogen-bond donors (Lipinski definition) is 1. The van der Waals surface area contributed by atoms with Crippen LogP contribution in [0.2, 0.25) is 0 Å². The van der Waals surface area contributed by atoms with E-state index in [1.165, 1.54) is 0 Å². The summed E-state index contributed by atoms with van der Waals surface area (Å²) in [6.45, 7) is 6.07. The Labute approximate surface area is 139 Å². The van der Waals surface area contributed by atoms with Gasteiger partial charge in [0.15, 0.2) is 0 Å². The average Bonchev–Trinajstić information content (AvgIpc) is 2.49. The maximum atomic E-state index is 12.2. The Morgan fingerprint density at radius 3 is 2.36 bits per heavy atom. The molecule has 3 nitrogen and oxygen atoms in total. The number of rotatable bonds is 4. The molecule has 0 saturated heterocycles. The van der Waals surface area contributed by atoms with Gasteiger partial charge in [-0.25, -0.2) is 4.79 Å². The van der Waals surface area contributed by atoms with E-state index in [-0.39, 0.29) is 12.0 Å². The Morgan fingerprint density at radius 2 is 1.73 bits per heavy atom. The van der Waals surface area contributed by atoms with Gasteiger partial charge < -0.3 is 10.1 Å². The maximum absolute atomic E-state index is 12.2. The quantitative estimate of drug-likeness (QED) is 0.788. The third kappa shape index (κ3) is 4.10. The van der Waals surface area contributed by atoms with Gasteiger partial charge in [-0.05, 0) is 46.0 Å². The number of carbonyl (C=O) groups is 1. The monoisotopic (exact) mass is 361 g/mol. The Balaban J connectivity index is 2.10. The van der Waals surface area contributed by atoms with Crippen molar-refractivity contribution in [1.29, 1.82) is 0 Å². The Hall–Kier alpha value is -1.81. The third-order valence-corrected chi connectivity index (χ3v) is 4.07. The van der Waals surface area contributed by atoms with Crippen LogP contribution in [0.4, 0.5) is 4.79 Å². The highest BCUT2D eigenvalue weighted by molar-refractivity contribution is 9.10. The van der Waals surface area contributed by atoms with Crippen LogP contribution in [-0.4, -0.2) is 6.09 Å². The minimum absolute atomic E-state index is 0.112. The number of nitrogens with one attached hydrogen (secondary N) is 1. The van der Waals surface area contributed by atoms with Gasteiger partial charge in [0, 0.05) is 0 Å². The molecular weight excluding hydrogens is 342 g/mol. The summed E-state index contributed by atoms with van der Waals surface area (Å²) in [5.41, 5.74) is 2.03. The van der Waals surface area contributed by atoms with Crippen molar-refractivity contribution >= 4 is 22.0 Å². The lowest BCUT2D eigenvalue weighted by atomic mass is 10.0. The molecule has 0 aliphatic heterocycles. The molecule has 2 aromatic carbocycles. The van der Waals surface area contributed by atoms with E-state index in [1.54, 1.807) is 0 Å². The summed E-state index contributed by atoms with van der Waals surface area (Å²) < 4.78 is 6.31.